The van der Waals surface area contributed by atoms with Crippen LogP contribution in [-0.2, 0) is 11.3 Å². The number of nitrogens with zero attached hydrogens (tertiary/aromatic N) is 2. The summed E-state index contributed by atoms with van der Waals surface area (Å²) in [6.07, 6.45) is 4.90. The first-order valence-corrected chi connectivity index (χ1v) is 9.36. The van der Waals surface area contributed by atoms with E-state index in [9.17, 15) is 14.4 Å². The molecule has 8 heteroatoms. The fourth-order valence-electron chi connectivity index (χ4n) is 2.72. The molecule has 0 saturated heterocycles. The van der Waals surface area contributed by atoms with Crippen LogP contribution in [0, 0.1) is 0 Å². The van der Waals surface area contributed by atoms with Gasteiger partial charge in [0.2, 0.25) is 5.91 Å². The van der Waals surface area contributed by atoms with E-state index in [0.29, 0.717) is 17.8 Å². The first-order valence-electron chi connectivity index (χ1n) is 9.36. The lowest BCUT2D eigenvalue weighted by molar-refractivity contribution is -0.115. The van der Waals surface area contributed by atoms with Gasteiger partial charge >= 0.3 is 0 Å². The summed E-state index contributed by atoms with van der Waals surface area (Å²) >= 11 is 0. The first kappa shape index (κ1) is 20.7. The van der Waals surface area contributed by atoms with Crippen molar-refractivity contribution in [1.82, 2.24) is 20.3 Å². The maximum Gasteiger partial charge on any atom is 0.287 e. The molecule has 0 spiro atoms. The van der Waals surface area contributed by atoms with E-state index < -0.39 is 11.5 Å². The third kappa shape index (κ3) is 4.85. The number of carbonyl (C=O) groups is 2. The Morgan fingerprint density at radius 2 is 2.03 bits per heavy atom. The zero-order valence-electron chi connectivity index (χ0n) is 16.4. The van der Waals surface area contributed by atoms with Crippen molar-refractivity contribution in [2.24, 2.45) is 0 Å². The highest BCUT2D eigenvalue weighted by molar-refractivity contribution is 5.93. The molecular weight excluding hydrogens is 382 g/mol. The van der Waals surface area contributed by atoms with Gasteiger partial charge in [-0.2, -0.15) is 0 Å². The highest BCUT2D eigenvalue weighted by atomic mass is 16.2. The predicted octanol–water partition coefficient (Wildman–Crippen LogP) is 2.75. The molecule has 0 saturated carbocycles. The highest BCUT2D eigenvalue weighted by Gasteiger charge is 2.12. The zero-order chi connectivity index (χ0) is 21.5. The number of hydrogen-bond donors (Lipinski definition) is 3. The van der Waals surface area contributed by atoms with Gasteiger partial charge in [-0.1, -0.05) is 37.8 Å². The number of pyridine rings is 1. The number of aromatic nitrogens is 3. The molecule has 1 aromatic carbocycles. The van der Waals surface area contributed by atoms with Crippen LogP contribution in [0.4, 0.5) is 5.69 Å². The Morgan fingerprint density at radius 1 is 1.20 bits per heavy atom. The van der Waals surface area contributed by atoms with Crippen LogP contribution >= 0.6 is 0 Å². The number of H-pyrrole nitrogens is 1. The van der Waals surface area contributed by atoms with Crippen molar-refractivity contribution in [3.63, 3.8) is 0 Å². The van der Waals surface area contributed by atoms with E-state index in [0.717, 1.165) is 11.1 Å². The molecule has 0 fully saturated rings. The van der Waals surface area contributed by atoms with Crippen LogP contribution in [0.25, 0.3) is 17.3 Å². The van der Waals surface area contributed by atoms with E-state index in [2.05, 4.69) is 32.2 Å². The van der Waals surface area contributed by atoms with Gasteiger partial charge in [0.15, 0.2) is 5.82 Å². The van der Waals surface area contributed by atoms with Crippen LogP contribution in [0.2, 0.25) is 0 Å². The van der Waals surface area contributed by atoms with Crippen LogP contribution in [-0.4, -0.2) is 26.8 Å². The number of aromatic amines is 1. The third-order valence-corrected chi connectivity index (χ3v) is 4.34. The van der Waals surface area contributed by atoms with Crippen molar-refractivity contribution in [3.8, 4) is 11.3 Å². The first-order chi connectivity index (χ1) is 14.5. The molecule has 0 bridgehead atoms. The Labute approximate surface area is 173 Å². The topological polar surface area (TPSA) is 117 Å². The van der Waals surface area contributed by atoms with Gasteiger partial charge in [0.05, 0.1) is 11.3 Å². The standard InChI is InChI=1S/C22H21N5O3/c1-3-15-9-8-14(11-18(15)26-19(28)4-2)12-25-22(30)20-24-13-16(21(29)27-20)17-7-5-6-10-23-17/h3,5-11,13H,1,4,12H2,2H3,(H,25,30)(H,26,28)(H,24,27,29). The van der Waals surface area contributed by atoms with Crippen molar-refractivity contribution in [2.45, 2.75) is 19.9 Å². The van der Waals surface area contributed by atoms with Gasteiger partial charge in [-0.05, 0) is 29.3 Å². The van der Waals surface area contributed by atoms with E-state index >= 15 is 0 Å². The predicted molar refractivity (Wildman–Crippen MR) is 115 cm³/mol. The normalized spacial score (nSPS) is 10.3. The molecule has 2 amide bonds. The number of amides is 2. The molecule has 3 rings (SSSR count). The maximum atomic E-state index is 12.4. The van der Waals surface area contributed by atoms with Crippen LogP contribution < -0.4 is 16.2 Å². The molecule has 0 aliphatic rings. The zero-order valence-corrected chi connectivity index (χ0v) is 16.4. The van der Waals surface area contributed by atoms with E-state index in [1.807, 2.05) is 12.1 Å². The number of hydrogen-bond acceptors (Lipinski definition) is 5. The summed E-state index contributed by atoms with van der Waals surface area (Å²) in [5.41, 5.74) is 2.48. The molecule has 0 aliphatic carbocycles. The fraction of sp³-hybridized carbons (Fsp3) is 0.136. The van der Waals surface area contributed by atoms with Crippen molar-refractivity contribution in [2.75, 3.05) is 5.32 Å². The smallest absolute Gasteiger partial charge is 0.287 e. The molecule has 0 unspecified atom stereocenters. The largest absolute Gasteiger partial charge is 0.345 e. The van der Waals surface area contributed by atoms with Crippen LogP contribution in [0.15, 0.2) is 60.2 Å². The van der Waals surface area contributed by atoms with E-state index in [4.69, 9.17) is 0 Å². The Hall–Kier alpha value is -4.07. The lowest BCUT2D eigenvalue weighted by atomic mass is 10.1. The lowest BCUT2D eigenvalue weighted by Gasteiger charge is -2.11. The average molecular weight is 403 g/mol. The van der Waals surface area contributed by atoms with Gasteiger partial charge in [0.1, 0.15) is 0 Å². The molecule has 0 aliphatic heterocycles. The van der Waals surface area contributed by atoms with Gasteiger partial charge in [-0.3, -0.25) is 19.4 Å². The van der Waals surface area contributed by atoms with E-state index in [1.165, 1.54) is 6.20 Å². The Bertz CT molecular complexity index is 1140. The summed E-state index contributed by atoms with van der Waals surface area (Å²) in [6.45, 7) is 5.69. The molecule has 2 aromatic heterocycles. The van der Waals surface area contributed by atoms with Crippen molar-refractivity contribution in [3.05, 3.63) is 82.7 Å². The molecule has 30 heavy (non-hydrogen) atoms. The SMILES string of the molecule is C=Cc1ccc(CNC(=O)c2ncc(-c3ccccn3)c(=O)[nH]2)cc1NC(=O)CC. The summed E-state index contributed by atoms with van der Waals surface area (Å²) < 4.78 is 0. The monoisotopic (exact) mass is 403 g/mol. The molecule has 152 valence electrons. The van der Waals surface area contributed by atoms with Gasteiger partial charge in [0.25, 0.3) is 11.5 Å². The maximum absolute atomic E-state index is 12.4. The summed E-state index contributed by atoms with van der Waals surface area (Å²) in [5, 5.41) is 5.52. The lowest BCUT2D eigenvalue weighted by Crippen LogP contribution is -2.28. The van der Waals surface area contributed by atoms with Crippen molar-refractivity contribution in [1.29, 1.82) is 0 Å². The number of nitrogens with one attached hydrogen (secondary N) is 3. The van der Waals surface area contributed by atoms with Crippen LogP contribution in [0.1, 0.15) is 35.1 Å². The average Bonchev–Trinajstić information content (AvgIpc) is 2.78. The number of rotatable bonds is 7. The minimum atomic E-state index is -0.522. The summed E-state index contributed by atoms with van der Waals surface area (Å²) in [4.78, 5) is 47.1. The van der Waals surface area contributed by atoms with Gasteiger partial charge < -0.3 is 15.6 Å². The Morgan fingerprint density at radius 3 is 2.70 bits per heavy atom. The van der Waals surface area contributed by atoms with Gasteiger partial charge in [-0.15, -0.1) is 0 Å². The van der Waals surface area contributed by atoms with Gasteiger partial charge in [0, 0.05) is 31.0 Å². The highest BCUT2D eigenvalue weighted by Crippen LogP contribution is 2.19. The van der Waals surface area contributed by atoms with Crippen molar-refractivity contribution < 1.29 is 9.59 Å². The minimum absolute atomic E-state index is 0.0955. The van der Waals surface area contributed by atoms with Crippen molar-refractivity contribution >= 4 is 23.6 Å². The van der Waals surface area contributed by atoms with Gasteiger partial charge in [-0.25, -0.2) is 4.98 Å². The molecule has 3 N–H and O–H groups in total. The fourth-order valence-corrected chi connectivity index (χ4v) is 2.72. The number of benzene rings is 1. The second-order valence-corrected chi connectivity index (χ2v) is 6.40. The second kappa shape index (κ2) is 9.42. The molecular formula is C22H21N5O3. The quantitative estimate of drug-likeness (QED) is 0.561. The minimum Gasteiger partial charge on any atom is -0.345 e. The molecule has 0 radical (unpaired) electrons. The number of carbonyl (C=O) groups excluding carboxylic acids is 2. The Kier molecular flexibility index (Phi) is 6.49. The molecule has 3 aromatic rings. The van der Waals surface area contributed by atoms with E-state index in [-0.39, 0.29) is 23.8 Å². The molecule has 0 atom stereocenters. The Balaban J connectivity index is 1.72. The summed E-state index contributed by atoms with van der Waals surface area (Å²) in [6, 6.07) is 10.6. The molecule has 2 heterocycles. The third-order valence-electron chi connectivity index (χ3n) is 4.34. The number of anilines is 1. The van der Waals surface area contributed by atoms with Crippen LogP contribution in [0.3, 0.4) is 0 Å². The summed E-state index contributed by atoms with van der Waals surface area (Å²) in [5.74, 6) is -0.734. The van der Waals surface area contributed by atoms with Crippen LogP contribution in [0.5, 0.6) is 0 Å². The molecule has 8 nitrogen and oxygen atoms in total. The second-order valence-electron chi connectivity index (χ2n) is 6.40. The van der Waals surface area contributed by atoms with E-state index in [1.54, 1.807) is 43.5 Å². The summed E-state index contributed by atoms with van der Waals surface area (Å²) in [7, 11) is 0.